The van der Waals surface area contributed by atoms with Crippen LogP contribution in [0.5, 0.6) is 0 Å². The summed E-state index contributed by atoms with van der Waals surface area (Å²) in [7, 11) is 2.80. The lowest BCUT2D eigenvalue weighted by molar-refractivity contribution is -0.141. The first-order valence-electron chi connectivity index (χ1n) is 25.2. The first-order chi connectivity index (χ1) is 34.0. The molecule has 0 aromatic heterocycles. The molecule has 14 heteroatoms. The Morgan fingerprint density at radius 1 is 0.414 bits per heavy atom. The van der Waals surface area contributed by atoms with Crippen LogP contribution in [-0.4, -0.2) is 96.6 Å². The lowest BCUT2D eigenvalue weighted by Gasteiger charge is -2.36. The number of ether oxygens (including phenoxy) is 2. The van der Waals surface area contributed by atoms with Crippen LogP contribution in [0.1, 0.15) is 168 Å². The summed E-state index contributed by atoms with van der Waals surface area (Å²) in [5.41, 5.74) is 1.89. The number of methoxy groups -OCH3 is 2. The fourth-order valence-electron chi connectivity index (χ4n) is 9.53. The Labute approximate surface area is 411 Å². The average molecular weight is 957 g/mol. The van der Waals surface area contributed by atoms with Gasteiger partial charge in [0, 0.05) is 71.8 Å². The number of carbonyl (C=O) groups excluding carboxylic acids is 8. The molecule has 2 aliphatic rings. The summed E-state index contributed by atoms with van der Waals surface area (Å²) in [6.07, 6.45) is 16.1. The number of nitrogens with one attached hydrogen (secondary N) is 2. The molecule has 0 unspecified atom stereocenters. The van der Waals surface area contributed by atoms with Crippen molar-refractivity contribution in [2.75, 3.05) is 27.3 Å². The minimum atomic E-state index is -1.19. The van der Waals surface area contributed by atoms with Crippen LogP contribution in [0.15, 0.2) is 84.9 Å². The van der Waals surface area contributed by atoms with Gasteiger partial charge in [-0.3, -0.25) is 48.2 Å². The lowest BCUT2D eigenvalue weighted by Crippen LogP contribution is -2.56. The molecular formula is C56H68N4O10. The highest BCUT2D eigenvalue weighted by atomic mass is 16.5. The third kappa shape index (κ3) is 13.8. The Balaban J connectivity index is 1.13. The quantitative estimate of drug-likeness (QED) is 0.0291. The van der Waals surface area contributed by atoms with Crippen molar-refractivity contribution in [1.29, 1.82) is 0 Å². The highest BCUT2D eigenvalue weighted by Gasteiger charge is 2.45. The molecule has 2 aliphatic heterocycles. The van der Waals surface area contributed by atoms with E-state index in [1.165, 1.54) is 38.5 Å². The molecule has 0 bridgehead atoms. The number of benzene rings is 4. The van der Waals surface area contributed by atoms with Gasteiger partial charge in [0.2, 0.25) is 11.8 Å². The van der Waals surface area contributed by atoms with E-state index < -0.39 is 47.5 Å². The maximum Gasteiger partial charge on any atom is 0.305 e. The number of hydrogen-bond donors (Lipinski definition) is 2. The molecule has 2 atom stereocenters. The van der Waals surface area contributed by atoms with Gasteiger partial charge in [0.05, 0.1) is 14.2 Å². The lowest BCUT2D eigenvalue weighted by atomic mass is 9.84. The SMILES string of the molecule is COC(=O)CCCCCCCCCCNC(=O)[C@H](Cc1ccccc1)N1C(=O)c2ccc3c4c(ccc(c24)C1=O)C(=O)N([C@@H](Cc1ccccc1)C(=O)NCCCCCCCCCCC(=O)OC)C3=O. The molecule has 0 saturated carbocycles. The average Bonchev–Trinajstić information content (AvgIpc) is 3.37. The Bertz CT molecular complexity index is 2230. The summed E-state index contributed by atoms with van der Waals surface area (Å²) in [6.45, 7) is 0.732. The van der Waals surface area contributed by atoms with Gasteiger partial charge in [0.25, 0.3) is 23.6 Å². The summed E-state index contributed by atoms with van der Waals surface area (Å²) >= 11 is 0. The van der Waals surface area contributed by atoms with E-state index in [4.69, 9.17) is 9.47 Å². The fraction of sp³-hybridized carbons (Fsp3) is 0.464. The maximum absolute atomic E-state index is 14.6. The molecular weight excluding hydrogens is 889 g/mol. The second-order valence-corrected chi connectivity index (χ2v) is 18.3. The van der Waals surface area contributed by atoms with E-state index in [2.05, 4.69) is 10.6 Å². The highest BCUT2D eigenvalue weighted by molar-refractivity contribution is 6.34. The fourth-order valence-corrected chi connectivity index (χ4v) is 9.53. The van der Waals surface area contributed by atoms with E-state index in [1.807, 2.05) is 60.7 Å². The molecule has 2 N–H and O–H groups in total. The van der Waals surface area contributed by atoms with E-state index in [1.54, 1.807) is 0 Å². The van der Waals surface area contributed by atoms with Crippen molar-refractivity contribution in [3.8, 4) is 0 Å². The Morgan fingerprint density at radius 3 is 1.00 bits per heavy atom. The topological polar surface area (TPSA) is 186 Å². The molecule has 4 aromatic carbocycles. The van der Waals surface area contributed by atoms with Crippen LogP contribution < -0.4 is 10.6 Å². The second kappa shape index (κ2) is 26.9. The number of rotatable bonds is 30. The minimum Gasteiger partial charge on any atom is -0.469 e. The second-order valence-electron chi connectivity index (χ2n) is 18.3. The molecule has 0 spiro atoms. The van der Waals surface area contributed by atoms with Gasteiger partial charge in [-0.15, -0.1) is 0 Å². The van der Waals surface area contributed by atoms with E-state index in [-0.39, 0.29) is 57.8 Å². The number of imide groups is 2. The van der Waals surface area contributed by atoms with E-state index >= 15 is 0 Å². The molecule has 372 valence electrons. The maximum atomic E-state index is 14.6. The number of amides is 6. The molecule has 0 aliphatic carbocycles. The van der Waals surface area contributed by atoms with Crippen LogP contribution in [0.25, 0.3) is 10.8 Å². The molecule has 14 nitrogen and oxygen atoms in total. The van der Waals surface area contributed by atoms with Crippen molar-refractivity contribution in [2.45, 2.75) is 141 Å². The van der Waals surface area contributed by atoms with Crippen molar-refractivity contribution in [3.63, 3.8) is 0 Å². The molecule has 0 saturated heterocycles. The van der Waals surface area contributed by atoms with Crippen molar-refractivity contribution in [2.24, 2.45) is 0 Å². The Hall–Kier alpha value is -6.70. The van der Waals surface area contributed by atoms with Crippen LogP contribution in [0, 0.1) is 0 Å². The number of esters is 2. The Morgan fingerprint density at radius 2 is 0.700 bits per heavy atom. The van der Waals surface area contributed by atoms with E-state index in [0.717, 1.165) is 124 Å². The standard InChI is InChI=1S/C56H68N4O10/c1-69-47(61)29-21-11-7-3-5-9-13-23-35-57-51(63)45(37-39-25-17-15-18-26-39)59-53(65)41-31-33-43-50-44(34-32-42(49(41)50)54(59)66)56(68)60(55(43)67)46(38-40-27-19-16-20-28-40)52(64)58-36-24-14-10-6-4-8-12-22-30-48(62)70-2/h15-20,25-28,31-34,45-46H,3-14,21-24,29-30,35-38H2,1-2H3,(H,57,63)(H,58,64)/t45-,46-/m0/s1. The van der Waals surface area contributed by atoms with Gasteiger partial charge in [-0.1, -0.05) is 138 Å². The normalized spacial score (nSPS) is 13.9. The van der Waals surface area contributed by atoms with E-state index in [9.17, 15) is 38.4 Å². The van der Waals surface area contributed by atoms with Gasteiger partial charge in [-0.2, -0.15) is 0 Å². The summed E-state index contributed by atoms with van der Waals surface area (Å²) < 4.78 is 9.40. The van der Waals surface area contributed by atoms with Crippen molar-refractivity contribution in [3.05, 3.63) is 118 Å². The monoisotopic (exact) mass is 956 g/mol. The van der Waals surface area contributed by atoms with Crippen molar-refractivity contribution >= 4 is 58.2 Å². The summed E-state index contributed by atoms with van der Waals surface area (Å²) in [5.74, 6) is -4.12. The van der Waals surface area contributed by atoms with Crippen LogP contribution in [-0.2, 0) is 41.5 Å². The third-order valence-corrected chi connectivity index (χ3v) is 13.4. The smallest absolute Gasteiger partial charge is 0.305 e. The number of hydrogen-bond acceptors (Lipinski definition) is 10. The van der Waals surface area contributed by atoms with E-state index in [0.29, 0.717) is 25.9 Å². The predicted octanol–water partition coefficient (Wildman–Crippen LogP) is 8.85. The largest absolute Gasteiger partial charge is 0.469 e. The first kappa shape index (κ1) is 52.7. The van der Waals surface area contributed by atoms with Gasteiger partial charge in [0.1, 0.15) is 12.1 Å². The number of unbranched alkanes of at least 4 members (excludes halogenated alkanes) is 14. The molecule has 70 heavy (non-hydrogen) atoms. The van der Waals surface area contributed by atoms with Gasteiger partial charge in [-0.05, 0) is 61.1 Å². The number of nitrogens with zero attached hydrogens (tertiary/aromatic N) is 2. The third-order valence-electron chi connectivity index (χ3n) is 13.4. The van der Waals surface area contributed by atoms with Crippen LogP contribution in [0.4, 0.5) is 0 Å². The van der Waals surface area contributed by atoms with Gasteiger partial charge in [-0.25, -0.2) is 0 Å². The Kier molecular flexibility index (Phi) is 20.2. The van der Waals surface area contributed by atoms with Crippen LogP contribution in [0.3, 0.4) is 0 Å². The zero-order valence-electron chi connectivity index (χ0n) is 40.8. The van der Waals surface area contributed by atoms with Crippen LogP contribution >= 0.6 is 0 Å². The molecule has 0 radical (unpaired) electrons. The predicted molar refractivity (Wildman–Crippen MR) is 266 cm³/mol. The zero-order valence-corrected chi connectivity index (χ0v) is 40.8. The molecule has 4 aromatic rings. The molecule has 2 heterocycles. The van der Waals surface area contributed by atoms with Crippen molar-refractivity contribution in [1.82, 2.24) is 20.4 Å². The first-order valence-corrected chi connectivity index (χ1v) is 25.2. The van der Waals surface area contributed by atoms with Gasteiger partial charge >= 0.3 is 11.9 Å². The number of carbonyl (C=O) groups is 8. The minimum absolute atomic E-state index is 0.0758. The van der Waals surface area contributed by atoms with Crippen molar-refractivity contribution < 1.29 is 47.8 Å². The summed E-state index contributed by atoms with van der Waals surface area (Å²) in [6, 6.07) is 21.9. The zero-order chi connectivity index (χ0) is 49.8. The van der Waals surface area contributed by atoms with Crippen LogP contribution in [0.2, 0.25) is 0 Å². The highest BCUT2D eigenvalue weighted by Crippen LogP contribution is 2.39. The van der Waals surface area contributed by atoms with Gasteiger partial charge in [0.15, 0.2) is 0 Å². The van der Waals surface area contributed by atoms with Gasteiger partial charge < -0.3 is 20.1 Å². The summed E-state index contributed by atoms with van der Waals surface area (Å²) in [4.78, 5) is 111. The summed E-state index contributed by atoms with van der Waals surface area (Å²) in [5, 5.41) is 6.32. The molecule has 6 rings (SSSR count). The molecule has 6 amide bonds. The molecule has 0 fully saturated rings.